The average molecular weight is 354 g/mol. The number of likely N-dealkylation sites (N-methyl/N-ethyl adjacent to an activating group) is 1. The Morgan fingerprint density at radius 2 is 1.69 bits per heavy atom. The van der Waals surface area contributed by atoms with E-state index in [2.05, 4.69) is 4.99 Å². The normalized spacial score (nSPS) is 11.1. The number of aromatic carboxylic acids is 1. The lowest BCUT2D eigenvalue weighted by molar-refractivity contribution is -0.135. The van der Waals surface area contributed by atoms with Crippen LogP contribution in [0.25, 0.3) is 0 Å². The molecule has 2 aromatic carbocycles. The third kappa shape index (κ3) is 5.44. The first-order chi connectivity index (χ1) is 12.5. The van der Waals surface area contributed by atoms with Crippen LogP contribution in [-0.4, -0.2) is 41.4 Å². The maximum atomic E-state index is 12.3. The topological polar surface area (TPSA) is 79.2 Å². The summed E-state index contributed by atoms with van der Waals surface area (Å²) in [6.07, 6.45) is 0. The van der Waals surface area contributed by atoms with Crippen LogP contribution in [0.4, 0.5) is 0 Å². The Labute approximate surface area is 152 Å². The van der Waals surface area contributed by atoms with Gasteiger partial charge in [-0.1, -0.05) is 42.5 Å². The Morgan fingerprint density at radius 1 is 1.04 bits per heavy atom. The second-order valence-corrected chi connectivity index (χ2v) is 5.70. The van der Waals surface area contributed by atoms with E-state index in [1.807, 2.05) is 30.3 Å². The molecule has 0 bridgehead atoms. The van der Waals surface area contributed by atoms with E-state index in [1.165, 1.54) is 12.1 Å². The van der Waals surface area contributed by atoms with E-state index in [-0.39, 0.29) is 24.6 Å². The van der Waals surface area contributed by atoms with Crippen LogP contribution in [0, 0.1) is 0 Å². The van der Waals surface area contributed by atoms with E-state index in [0.29, 0.717) is 6.54 Å². The zero-order chi connectivity index (χ0) is 18.9. The van der Waals surface area contributed by atoms with Crippen molar-refractivity contribution in [3.05, 3.63) is 71.3 Å². The average Bonchev–Trinajstić information content (AvgIpc) is 2.63. The highest BCUT2D eigenvalue weighted by Crippen LogP contribution is 2.09. The molecular formula is C20H22N2O4. The van der Waals surface area contributed by atoms with E-state index in [0.717, 1.165) is 11.1 Å². The summed E-state index contributed by atoms with van der Waals surface area (Å²) in [5.41, 5.74) is 2.08. The fourth-order valence-electron chi connectivity index (χ4n) is 2.39. The van der Waals surface area contributed by atoms with E-state index in [1.54, 1.807) is 31.0 Å². The molecule has 0 aromatic heterocycles. The Bertz CT molecular complexity index is 770. The molecule has 0 saturated heterocycles. The first-order valence-electron chi connectivity index (χ1n) is 8.30. The fourth-order valence-corrected chi connectivity index (χ4v) is 2.39. The summed E-state index contributed by atoms with van der Waals surface area (Å²) >= 11 is 0. The van der Waals surface area contributed by atoms with Gasteiger partial charge >= 0.3 is 11.9 Å². The van der Waals surface area contributed by atoms with Crippen LogP contribution in [0.1, 0.15) is 28.4 Å². The van der Waals surface area contributed by atoms with Crippen LogP contribution < -0.4 is 0 Å². The number of rotatable bonds is 6. The zero-order valence-electron chi connectivity index (χ0n) is 14.9. The number of hydrogen-bond donors (Lipinski definition) is 1. The number of carbonyl (C=O) groups excluding carboxylic acids is 1. The smallest absolute Gasteiger partial charge is 0.373 e. The minimum absolute atomic E-state index is 0.213. The van der Waals surface area contributed by atoms with Gasteiger partial charge in [0.1, 0.15) is 0 Å². The molecule has 0 heterocycles. The fraction of sp³-hybridized carbons (Fsp3) is 0.250. The zero-order valence-corrected chi connectivity index (χ0v) is 14.9. The molecule has 1 N–H and O–H groups in total. The first kappa shape index (κ1) is 19.2. The third-order valence-corrected chi connectivity index (χ3v) is 3.69. The van der Waals surface area contributed by atoms with Crippen LogP contribution in [0.3, 0.4) is 0 Å². The molecule has 0 spiro atoms. The lowest BCUT2D eigenvalue weighted by atomic mass is 10.1. The molecule has 0 saturated carbocycles. The molecule has 26 heavy (non-hydrogen) atoms. The molecule has 0 aliphatic rings. The van der Waals surface area contributed by atoms with Gasteiger partial charge in [0, 0.05) is 13.6 Å². The van der Waals surface area contributed by atoms with Gasteiger partial charge in [0.25, 0.3) is 0 Å². The van der Waals surface area contributed by atoms with Crippen molar-refractivity contribution in [1.82, 2.24) is 4.90 Å². The Kier molecular flexibility index (Phi) is 6.91. The molecule has 0 atom stereocenters. The number of ether oxygens (including phenoxy) is 1. The summed E-state index contributed by atoms with van der Waals surface area (Å²) < 4.78 is 5.11. The van der Waals surface area contributed by atoms with Crippen molar-refractivity contribution in [3.63, 3.8) is 0 Å². The van der Waals surface area contributed by atoms with Gasteiger partial charge in [0.2, 0.25) is 5.84 Å². The summed E-state index contributed by atoms with van der Waals surface area (Å²) in [5.74, 6) is -1.22. The van der Waals surface area contributed by atoms with Gasteiger partial charge in [0.05, 0.1) is 18.7 Å². The number of hydrogen-bond acceptors (Lipinski definition) is 4. The molecule has 0 fully saturated rings. The number of aliphatic imine (C=N–C) groups is 1. The number of carboxylic acid groups (broad SMARTS) is 1. The molecule has 0 radical (unpaired) electrons. The van der Waals surface area contributed by atoms with E-state index in [4.69, 9.17) is 9.84 Å². The van der Waals surface area contributed by atoms with Gasteiger partial charge in [0.15, 0.2) is 0 Å². The summed E-state index contributed by atoms with van der Waals surface area (Å²) in [6.45, 7) is 2.80. The van der Waals surface area contributed by atoms with Crippen molar-refractivity contribution in [2.75, 3.05) is 13.7 Å². The van der Waals surface area contributed by atoms with Gasteiger partial charge in [-0.05, 0) is 30.2 Å². The van der Waals surface area contributed by atoms with E-state index < -0.39 is 11.9 Å². The first-order valence-corrected chi connectivity index (χ1v) is 8.30. The van der Waals surface area contributed by atoms with Crippen molar-refractivity contribution >= 4 is 17.8 Å². The van der Waals surface area contributed by atoms with Crippen molar-refractivity contribution in [2.45, 2.75) is 20.0 Å². The summed E-state index contributed by atoms with van der Waals surface area (Å²) in [7, 11) is 1.79. The number of nitrogens with zero attached hydrogens (tertiary/aromatic N) is 2. The highest BCUT2D eigenvalue weighted by Gasteiger charge is 2.18. The molecule has 136 valence electrons. The molecular weight excluding hydrogens is 332 g/mol. The summed E-state index contributed by atoms with van der Waals surface area (Å²) in [6, 6.07) is 16.2. The van der Waals surface area contributed by atoms with Crippen LogP contribution >= 0.6 is 0 Å². The van der Waals surface area contributed by atoms with Gasteiger partial charge in [-0.15, -0.1) is 0 Å². The standard InChI is InChI=1S/C20H22N2O4/c1-3-26-20(25)18(22(2)14-16-7-5-4-6-8-16)21-13-15-9-11-17(12-10-15)19(23)24/h4-12H,3,13-14H2,1-2H3,(H,23,24)/b21-18-. The van der Waals surface area contributed by atoms with Crippen LogP contribution in [0.5, 0.6) is 0 Å². The highest BCUT2D eigenvalue weighted by molar-refractivity contribution is 6.35. The van der Waals surface area contributed by atoms with Crippen molar-refractivity contribution in [2.24, 2.45) is 4.99 Å². The number of esters is 1. The minimum atomic E-state index is -0.977. The number of carboxylic acids is 1. The number of amidine groups is 1. The number of carbonyl (C=O) groups is 2. The molecule has 2 rings (SSSR count). The van der Waals surface area contributed by atoms with Crippen molar-refractivity contribution in [3.8, 4) is 0 Å². The molecule has 6 heteroatoms. The highest BCUT2D eigenvalue weighted by atomic mass is 16.5. The SMILES string of the molecule is CCOC(=O)/C(=N/Cc1ccc(C(=O)O)cc1)N(C)Cc1ccccc1. The predicted molar refractivity (Wildman–Crippen MR) is 99.1 cm³/mol. The van der Waals surface area contributed by atoms with Crippen LogP contribution in [0.2, 0.25) is 0 Å². The Hall–Kier alpha value is -3.15. The molecule has 0 unspecified atom stereocenters. The summed E-state index contributed by atoms with van der Waals surface area (Å²) in [4.78, 5) is 29.3. The maximum Gasteiger partial charge on any atom is 0.373 e. The van der Waals surface area contributed by atoms with Gasteiger partial charge in [-0.3, -0.25) is 4.99 Å². The van der Waals surface area contributed by atoms with Crippen LogP contribution in [0.15, 0.2) is 59.6 Å². The van der Waals surface area contributed by atoms with Gasteiger partial charge in [-0.2, -0.15) is 0 Å². The van der Waals surface area contributed by atoms with E-state index in [9.17, 15) is 9.59 Å². The van der Waals surface area contributed by atoms with Crippen molar-refractivity contribution < 1.29 is 19.4 Å². The van der Waals surface area contributed by atoms with Crippen LogP contribution in [-0.2, 0) is 22.6 Å². The maximum absolute atomic E-state index is 12.3. The van der Waals surface area contributed by atoms with E-state index >= 15 is 0 Å². The Balaban J connectivity index is 2.16. The lowest BCUT2D eigenvalue weighted by Gasteiger charge is -2.20. The molecule has 2 aromatic rings. The second kappa shape index (κ2) is 9.36. The summed E-state index contributed by atoms with van der Waals surface area (Å²) in [5, 5.41) is 8.94. The third-order valence-electron chi connectivity index (χ3n) is 3.69. The predicted octanol–water partition coefficient (Wildman–Crippen LogP) is 2.98. The largest absolute Gasteiger partial charge is 0.478 e. The van der Waals surface area contributed by atoms with Gasteiger partial charge in [-0.25, -0.2) is 9.59 Å². The molecule has 0 aliphatic heterocycles. The Morgan fingerprint density at radius 3 is 2.27 bits per heavy atom. The molecule has 6 nitrogen and oxygen atoms in total. The number of benzene rings is 2. The quantitative estimate of drug-likeness (QED) is 0.490. The van der Waals surface area contributed by atoms with Gasteiger partial charge < -0.3 is 14.7 Å². The second-order valence-electron chi connectivity index (χ2n) is 5.70. The van der Waals surface area contributed by atoms with Crippen molar-refractivity contribution in [1.29, 1.82) is 0 Å². The molecule has 0 aliphatic carbocycles. The lowest BCUT2D eigenvalue weighted by Crippen LogP contribution is -2.34. The minimum Gasteiger partial charge on any atom is -0.478 e. The monoisotopic (exact) mass is 354 g/mol. The molecule has 0 amide bonds.